The molecule has 1 nitrogen and oxygen atoms in total. The standard InChI is InChI=1S/C15H12BrI3O/c16-8-11(10-4-2-1-3-5-10)9-20-15-13(18)6-12(17)7-14(15)19/h1-7,11H,8-9H2. The molecular formula is C15H12BrI3O. The Morgan fingerprint density at radius 3 is 2.15 bits per heavy atom. The second-order valence-electron chi connectivity index (χ2n) is 4.27. The van der Waals surface area contributed by atoms with Crippen LogP contribution >= 0.6 is 83.7 Å². The molecule has 0 aliphatic carbocycles. The zero-order valence-electron chi connectivity index (χ0n) is 10.5. The molecule has 0 spiro atoms. The molecule has 0 heterocycles. The molecular weight excluding hydrogens is 657 g/mol. The Bertz CT molecular complexity index is 552. The summed E-state index contributed by atoms with van der Waals surface area (Å²) < 4.78 is 9.66. The van der Waals surface area contributed by atoms with Gasteiger partial charge in [-0.3, -0.25) is 0 Å². The van der Waals surface area contributed by atoms with Gasteiger partial charge < -0.3 is 4.74 Å². The summed E-state index contributed by atoms with van der Waals surface area (Å²) in [6.45, 7) is 0.682. The van der Waals surface area contributed by atoms with Crippen LogP contribution in [0.3, 0.4) is 0 Å². The quantitative estimate of drug-likeness (QED) is 0.278. The molecule has 5 heteroatoms. The lowest BCUT2D eigenvalue weighted by atomic mass is 10.0. The van der Waals surface area contributed by atoms with Crippen LogP contribution < -0.4 is 4.74 Å². The molecule has 0 saturated heterocycles. The van der Waals surface area contributed by atoms with Crippen molar-refractivity contribution < 1.29 is 4.74 Å². The molecule has 0 aliphatic rings. The van der Waals surface area contributed by atoms with Gasteiger partial charge in [0.15, 0.2) is 0 Å². The van der Waals surface area contributed by atoms with Crippen LogP contribution in [-0.4, -0.2) is 11.9 Å². The van der Waals surface area contributed by atoms with E-state index in [1.54, 1.807) is 0 Å². The average Bonchev–Trinajstić information content (AvgIpc) is 2.43. The lowest BCUT2D eigenvalue weighted by molar-refractivity contribution is 0.294. The van der Waals surface area contributed by atoms with Crippen LogP contribution in [0.4, 0.5) is 0 Å². The van der Waals surface area contributed by atoms with Crippen molar-refractivity contribution >= 4 is 83.7 Å². The van der Waals surface area contributed by atoms with E-state index in [0.29, 0.717) is 12.5 Å². The zero-order chi connectivity index (χ0) is 14.5. The van der Waals surface area contributed by atoms with Gasteiger partial charge >= 0.3 is 0 Å². The van der Waals surface area contributed by atoms with E-state index < -0.39 is 0 Å². The van der Waals surface area contributed by atoms with Gasteiger partial charge in [-0.1, -0.05) is 46.3 Å². The fraction of sp³-hybridized carbons (Fsp3) is 0.200. The fourth-order valence-electron chi connectivity index (χ4n) is 1.81. The van der Waals surface area contributed by atoms with Crippen LogP contribution in [0.5, 0.6) is 5.75 Å². The molecule has 2 rings (SSSR count). The van der Waals surface area contributed by atoms with Crippen molar-refractivity contribution in [3.63, 3.8) is 0 Å². The summed E-state index contributed by atoms with van der Waals surface area (Å²) in [7, 11) is 0. The Morgan fingerprint density at radius 2 is 1.60 bits per heavy atom. The molecule has 0 aromatic heterocycles. The maximum atomic E-state index is 6.08. The number of halogens is 4. The summed E-state index contributed by atoms with van der Waals surface area (Å²) in [5.41, 5.74) is 1.31. The van der Waals surface area contributed by atoms with Crippen LogP contribution in [0.15, 0.2) is 42.5 Å². The molecule has 0 fully saturated rings. The van der Waals surface area contributed by atoms with Crippen molar-refractivity contribution in [3.05, 3.63) is 58.7 Å². The second-order valence-corrected chi connectivity index (χ2v) is 8.49. The lowest BCUT2D eigenvalue weighted by Gasteiger charge is -2.17. The number of hydrogen-bond donors (Lipinski definition) is 0. The van der Waals surface area contributed by atoms with Gasteiger partial charge in [-0.15, -0.1) is 0 Å². The predicted octanol–water partition coefficient (Wildman–Crippen LogP) is 6.06. The fourth-order valence-corrected chi connectivity index (χ4v) is 6.26. The van der Waals surface area contributed by atoms with Crippen LogP contribution in [0, 0.1) is 10.7 Å². The summed E-state index contributed by atoms with van der Waals surface area (Å²) in [6, 6.07) is 14.8. The van der Waals surface area contributed by atoms with Gasteiger partial charge in [-0.05, 0) is 85.5 Å². The van der Waals surface area contributed by atoms with Crippen molar-refractivity contribution in [1.82, 2.24) is 0 Å². The van der Waals surface area contributed by atoms with E-state index in [0.717, 1.165) is 11.1 Å². The summed E-state index contributed by atoms with van der Waals surface area (Å²) in [6.07, 6.45) is 0. The molecule has 20 heavy (non-hydrogen) atoms. The highest BCUT2D eigenvalue weighted by Crippen LogP contribution is 2.31. The van der Waals surface area contributed by atoms with Crippen molar-refractivity contribution in [1.29, 1.82) is 0 Å². The van der Waals surface area contributed by atoms with E-state index >= 15 is 0 Å². The van der Waals surface area contributed by atoms with Crippen molar-refractivity contribution in [3.8, 4) is 5.75 Å². The Labute approximate surface area is 168 Å². The first-order chi connectivity index (χ1) is 9.61. The molecule has 106 valence electrons. The maximum absolute atomic E-state index is 6.08. The lowest BCUT2D eigenvalue weighted by Crippen LogP contribution is -2.13. The van der Waals surface area contributed by atoms with Crippen LogP contribution in [0.1, 0.15) is 11.5 Å². The largest absolute Gasteiger partial charge is 0.491 e. The second kappa shape index (κ2) is 8.52. The minimum absolute atomic E-state index is 0.363. The maximum Gasteiger partial charge on any atom is 0.146 e. The Kier molecular flexibility index (Phi) is 7.35. The number of ether oxygens (including phenoxy) is 1. The summed E-state index contributed by atoms with van der Waals surface area (Å²) >= 11 is 10.6. The molecule has 0 radical (unpaired) electrons. The third-order valence-corrected chi connectivity index (χ3v) is 5.86. The van der Waals surface area contributed by atoms with Gasteiger partial charge in [-0.2, -0.15) is 0 Å². The Balaban J connectivity index is 2.12. The number of benzene rings is 2. The SMILES string of the molecule is BrCC(COc1c(I)cc(I)cc1I)c1ccccc1. The summed E-state index contributed by atoms with van der Waals surface area (Å²) in [5, 5.41) is 0.897. The highest BCUT2D eigenvalue weighted by molar-refractivity contribution is 14.1. The molecule has 0 bridgehead atoms. The first-order valence-corrected chi connectivity index (χ1v) is 10.4. The molecule has 1 unspecified atom stereocenters. The first-order valence-electron chi connectivity index (χ1n) is 6.00. The molecule has 1 atom stereocenters. The monoisotopic (exact) mass is 668 g/mol. The van der Waals surface area contributed by atoms with Crippen molar-refractivity contribution in [2.75, 3.05) is 11.9 Å². The zero-order valence-corrected chi connectivity index (χ0v) is 18.5. The Hall–Kier alpha value is 0.910. The number of hydrogen-bond acceptors (Lipinski definition) is 1. The molecule has 0 saturated carbocycles. The highest BCUT2D eigenvalue weighted by atomic mass is 127. The van der Waals surface area contributed by atoms with E-state index in [1.807, 2.05) is 6.07 Å². The minimum atomic E-state index is 0.363. The van der Waals surface area contributed by atoms with Crippen molar-refractivity contribution in [2.45, 2.75) is 5.92 Å². The molecule has 2 aromatic rings. The van der Waals surface area contributed by atoms with Gasteiger partial charge in [0.2, 0.25) is 0 Å². The molecule has 0 N–H and O–H groups in total. The molecule has 0 aliphatic heterocycles. The van der Waals surface area contributed by atoms with Gasteiger partial charge in [-0.25, -0.2) is 0 Å². The topological polar surface area (TPSA) is 9.23 Å². The van der Waals surface area contributed by atoms with E-state index in [2.05, 4.69) is 120 Å². The van der Waals surface area contributed by atoms with E-state index in [9.17, 15) is 0 Å². The number of rotatable bonds is 5. The van der Waals surface area contributed by atoms with Crippen molar-refractivity contribution in [2.24, 2.45) is 0 Å². The third-order valence-electron chi connectivity index (χ3n) is 2.85. The average molecular weight is 669 g/mol. The van der Waals surface area contributed by atoms with Gasteiger partial charge in [0.25, 0.3) is 0 Å². The molecule has 2 aromatic carbocycles. The van der Waals surface area contributed by atoms with Crippen LogP contribution in [0.2, 0.25) is 0 Å². The third kappa shape index (κ3) is 4.70. The van der Waals surface area contributed by atoms with Crippen LogP contribution in [-0.2, 0) is 0 Å². The molecule has 0 amide bonds. The van der Waals surface area contributed by atoms with E-state index in [1.165, 1.54) is 16.3 Å². The van der Waals surface area contributed by atoms with Gasteiger partial charge in [0, 0.05) is 14.8 Å². The minimum Gasteiger partial charge on any atom is -0.491 e. The summed E-state index contributed by atoms with van der Waals surface area (Å²) in [4.78, 5) is 0. The Morgan fingerprint density at radius 1 is 1.00 bits per heavy atom. The van der Waals surface area contributed by atoms with Gasteiger partial charge in [0.05, 0.1) is 13.7 Å². The smallest absolute Gasteiger partial charge is 0.146 e. The summed E-state index contributed by atoms with van der Waals surface area (Å²) in [5.74, 6) is 1.36. The predicted molar refractivity (Wildman–Crippen MR) is 113 cm³/mol. The first kappa shape index (κ1) is 17.3. The normalized spacial score (nSPS) is 12.2. The highest BCUT2D eigenvalue weighted by Gasteiger charge is 2.14. The van der Waals surface area contributed by atoms with E-state index in [4.69, 9.17) is 4.74 Å². The number of alkyl halides is 1. The van der Waals surface area contributed by atoms with Gasteiger partial charge in [0.1, 0.15) is 5.75 Å². The van der Waals surface area contributed by atoms with Crippen LogP contribution in [0.25, 0.3) is 0 Å². The van der Waals surface area contributed by atoms with E-state index in [-0.39, 0.29) is 0 Å².